The Morgan fingerprint density at radius 2 is 2.19 bits per heavy atom. The molecule has 2 unspecified atom stereocenters. The maximum absolute atomic E-state index is 14.2. The monoisotopic (exact) mass is 294 g/mol. The molecule has 1 fully saturated rings. The highest BCUT2D eigenvalue weighted by Crippen LogP contribution is 2.29. The van der Waals surface area contributed by atoms with Crippen LogP contribution in [-0.4, -0.2) is 32.3 Å². The SMILES string of the molecule is COC1CN(c2cccc(F)c2CNC(C)C)CCC1C. The molecular weight excluding hydrogens is 267 g/mol. The molecule has 21 heavy (non-hydrogen) atoms. The largest absolute Gasteiger partial charge is 0.379 e. The van der Waals surface area contributed by atoms with Gasteiger partial charge in [-0.15, -0.1) is 0 Å². The molecule has 4 heteroatoms. The average Bonchev–Trinajstić information content (AvgIpc) is 2.46. The summed E-state index contributed by atoms with van der Waals surface area (Å²) in [6, 6.07) is 5.69. The van der Waals surface area contributed by atoms with Crippen LogP contribution in [0.1, 0.15) is 32.8 Å². The molecule has 0 amide bonds. The van der Waals surface area contributed by atoms with E-state index in [-0.39, 0.29) is 11.9 Å². The van der Waals surface area contributed by atoms with Crippen LogP contribution in [0.3, 0.4) is 0 Å². The molecule has 1 saturated heterocycles. The van der Waals surface area contributed by atoms with Crippen molar-refractivity contribution < 1.29 is 9.13 Å². The first-order chi connectivity index (χ1) is 10.0. The number of nitrogens with one attached hydrogen (secondary N) is 1. The number of halogens is 1. The van der Waals surface area contributed by atoms with Gasteiger partial charge in [-0.3, -0.25) is 0 Å². The van der Waals surface area contributed by atoms with Crippen LogP contribution in [0, 0.1) is 11.7 Å². The van der Waals surface area contributed by atoms with E-state index in [9.17, 15) is 4.39 Å². The molecule has 1 N–H and O–H groups in total. The van der Waals surface area contributed by atoms with E-state index >= 15 is 0 Å². The molecule has 0 saturated carbocycles. The fourth-order valence-electron chi connectivity index (χ4n) is 2.88. The van der Waals surface area contributed by atoms with Crippen LogP contribution < -0.4 is 10.2 Å². The Morgan fingerprint density at radius 1 is 1.43 bits per heavy atom. The van der Waals surface area contributed by atoms with E-state index in [4.69, 9.17) is 4.74 Å². The number of piperidine rings is 1. The summed E-state index contributed by atoms with van der Waals surface area (Å²) in [5.74, 6) is 0.422. The summed E-state index contributed by atoms with van der Waals surface area (Å²) in [6.45, 7) is 8.71. The van der Waals surface area contributed by atoms with Crippen LogP contribution in [0.15, 0.2) is 18.2 Å². The van der Waals surface area contributed by atoms with Gasteiger partial charge in [-0.05, 0) is 24.5 Å². The number of rotatable bonds is 5. The Morgan fingerprint density at radius 3 is 2.86 bits per heavy atom. The maximum atomic E-state index is 14.2. The van der Waals surface area contributed by atoms with Gasteiger partial charge < -0.3 is 15.0 Å². The molecule has 3 nitrogen and oxygen atoms in total. The van der Waals surface area contributed by atoms with Crippen LogP contribution >= 0.6 is 0 Å². The van der Waals surface area contributed by atoms with Crippen LogP contribution in [0.2, 0.25) is 0 Å². The summed E-state index contributed by atoms with van der Waals surface area (Å²) in [5, 5.41) is 3.32. The number of hydrogen-bond acceptors (Lipinski definition) is 3. The second kappa shape index (κ2) is 7.23. The Balaban J connectivity index is 2.20. The van der Waals surface area contributed by atoms with Crippen LogP contribution in [0.4, 0.5) is 10.1 Å². The summed E-state index contributed by atoms with van der Waals surface area (Å²) in [4.78, 5) is 2.26. The van der Waals surface area contributed by atoms with E-state index in [0.717, 1.165) is 30.8 Å². The molecule has 0 aliphatic carbocycles. The van der Waals surface area contributed by atoms with E-state index in [1.54, 1.807) is 19.2 Å². The number of hydrogen-bond donors (Lipinski definition) is 1. The Bertz CT molecular complexity index is 464. The lowest BCUT2D eigenvalue weighted by molar-refractivity contribution is 0.0498. The first-order valence-electron chi connectivity index (χ1n) is 7.81. The third-order valence-corrected chi connectivity index (χ3v) is 4.31. The van der Waals surface area contributed by atoms with Gasteiger partial charge in [0.2, 0.25) is 0 Å². The lowest BCUT2D eigenvalue weighted by Crippen LogP contribution is -2.44. The highest BCUT2D eigenvalue weighted by Gasteiger charge is 2.27. The van der Waals surface area contributed by atoms with Gasteiger partial charge in [0.25, 0.3) is 0 Å². The minimum Gasteiger partial charge on any atom is -0.379 e. The second-order valence-corrected chi connectivity index (χ2v) is 6.26. The lowest BCUT2D eigenvalue weighted by Gasteiger charge is -2.38. The van der Waals surface area contributed by atoms with E-state index < -0.39 is 0 Å². The van der Waals surface area contributed by atoms with Crippen LogP contribution in [0.5, 0.6) is 0 Å². The molecule has 2 atom stereocenters. The zero-order chi connectivity index (χ0) is 15.4. The molecule has 2 rings (SSSR count). The van der Waals surface area contributed by atoms with Crippen molar-refractivity contribution in [2.24, 2.45) is 5.92 Å². The molecule has 1 aromatic carbocycles. The van der Waals surface area contributed by atoms with Crippen LogP contribution in [-0.2, 0) is 11.3 Å². The molecule has 1 heterocycles. The van der Waals surface area contributed by atoms with E-state index in [1.807, 2.05) is 6.07 Å². The normalized spacial score (nSPS) is 22.9. The van der Waals surface area contributed by atoms with Crippen molar-refractivity contribution >= 4 is 5.69 Å². The van der Waals surface area contributed by atoms with E-state index in [1.165, 1.54) is 0 Å². The zero-order valence-electron chi connectivity index (χ0n) is 13.5. The summed E-state index contributed by atoms with van der Waals surface area (Å²) < 4.78 is 19.8. The standard InChI is InChI=1S/C17H27FN2O/c1-12(2)19-10-14-15(18)6-5-7-16(14)20-9-8-13(3)17(11-20)21-4/h5-7,12-13,17,19H,8-11H2,1-4H3. The Kier molecular flexibility index (Phi) is 5.59. The van der Waals surface area contributed by atoms with E-state index in [0.29, 0.717) is 18.5 Å². The van der Waals surface area contributed by atoms with Gasteiger partial charge in [0.1, 0.15) is 5.82 Å². The molecule has 0 aromatic heterocycles. The molecule has 1 aliphatic rings. The van der Waals surface area contributed by atoms with Gasteiger partial charge in [-0.2, -0.15) is 0 Å². The third kappa shape index (κ3) is 3.95. The zero-order valence-corrected chi connectivity index (χ0v) is 13.5. The van der Waals surface area contributed by atoms with Gasteiger partial charge in [-0.25, -0.2) is 4.39 Å². The van der Waals surface area contributed by atoms with Crippen LogP contribution in [0.25, 0.3) is 0 Å². The van der Waals surface area contributed by atoms with Gasteiger partial charge in [0.15, 0.2) is 0 Å². The maximum Gasteiger partial charge on any atom is 0.129 e. The number of benzene rings is 1. The van der Waals surface area contributed by atoms with Crippen molar-refractivity contribution in [2.45, 2.75) is 45.9 Å². The van der Waals surface area contributed by atoms with Crippen molar-refractivity contribution in [3.63, 3.8) is 0 Å². The number of methoxy groups -OCH3 is 1. The highest BCUT2D eigenvalue weighted by molar-refractivity contribution is 5.54. The molecule has 118 valence electrons. The smallest absolute Gasteiger partial charge is 0.129 e. The molecule has 1 aromatic rings. The fourth-order valence-corrected chi connectivity index (χ4v) is 2.88. The third-order valence-electron chi connectivity index (χ3n) is 4.31. The molecule has 0 bridgehead atoms. The molecule has 0 spiro atoms. The predicted molar refractivity (Wildman–Crippen MR) is 85.2 cm³/mol. The van der Waals surface area contributed by atoms with Crippen molar-refractivity contribution in [3.8, 4) is 0 Å². The Hall–Kier alpha value is -1.13. The highest BCUT2D eigenvalue weighted by atomic mass is 19.1. The van der Waals surface area contributed by atoms with Gasteiger partial charge >= 0.3 is 0 Å². The minimum atomic E-state index is -0.131. The lowest BCUT2D eigenvalue weighted by atomic mass is 9.95. The summed E-state index contributed by atoms with van der Waals surface area (Å²) in [5.41, 5.74) is 1.76. The number of nitrogens with zero attached hydrogens (tertiary/aromatic N) is 1. The quantitative estimate of drug-likeness (QED) is 0.902. The first kappa shape index (κ1) is 16.2. The van der Waals surface area contributed by atoms with Gasteiger partial charge in [-0.1, -0.05) is 26.8 Å². The molecule has 1 aliphatic heterocycles. The van der Waals surface area contributed by atoms with Crippen molar-refractivity contribution in [1.82, 2.24) is 5.32 Å². The van der Waals surface area contributed by atoms with E-state index in [2.05, 4.69) is 31.0 Å². The Labute approximate surface area is 127 Å². The minimum absolute atomic E-state index is 0.131. The topological polar surface area (TPSA) is 24.5 Å². The average molecular weight is 294 g/mol. The van der Waals surface area contributed by atoms with Crippen molar-refractivity contribution in [1.29, 1.82) is 0 Å². The molecular formula is C17H27FN2O. The first-order valence-corrected chi connectivity index (χ1v) is 7.81. The summed E-state index contributed by atoms with van der Waals surface area (Å²) in [7, 11) is 1.76. The molecule has 0 radical (unpaired) electrons. The number of ether oxygens (including phenoxy) is 1. The fraction of sp³-hybridized carbons (Fsp3) is 0.647. The van der Waals surface area contributed by atoms with Crippen molar-refractivity contribution in [2.75, 3.05) is 25.1 Å². The number of anilines is 1. The second-order valence-electron chi connectivity index (χ2n) is 6.26. The van der Waals surface area contributed by atoms with Crippen molar-refractivity contribution in [3.05, 3.63) is 29.6 Å². The predicted octanol–water partition coefficient (Wildman–Crippen LogP) is 3.18. The van der Waals surface area contributed by atoms with Gasteiger partial charge in [0, 0.05) is 44.0 Å². The summed E-state index contributed by atoms with van der Waals surface area (Å²) in [6.07, 6.45) is 1.29. The summed E-state index contributed by atoms with van der Waals surface area (Å²) >= 11 is 0. The van der Waals surface area contributed by atoms with Gasteiger partial charge in [0.05, 0.1) is 6.10 Å².